The smallest absolute Gasteiger partial charge is 0.265 e. The third kappa shape index (κ3) is 4.93. The number of nitrogens with two attached hydrogens (primary N) is 1. The zero-order chi connectivity index (χ0) is 11.1. The number of aliphatic hydroxyl groups is 1. The fourth-order valence-electron chi connectivity index (χ4n) is 0.740. The van der Waals surface area contributed by atoms with E-state index in [1.165, 1.54) is 0 Å². The van der Waals surface area contributed by atoms with Gasteiger partial charge >= 0.3 is 0 Å². The van der Waals surface area contributed by atoms with Gasteiger partial charge < -0.3 is 21.4 Å². The van der Waals surface area contributed by atoms with E-state index < -0.39 is 12.5 Å². The predicted molar refractivity (Wildman–Crippen MR) is 47.5 cm³/mol. The average molecular weight is 211 g/mol. The molecular formula is C7H15F2N3O2. The second-order valence-electron chi connectivity index (χ2n) is 2.99. The van der Waals surface area contributed by atoms with Gasteiger partial charge in [-0.3, -0.25) is 0 Å². The van der Waals surface area contributed by atoms with Gasteiger partial charge in [0, 0.05) is 19.0 Å². The number of halogens is 2. The third-order valence-corrected chi connectivity index (χ3v) is 1.72. The van der Waals surface area contributed by atoms with Gasteiger partial charge in [-0.25, -0.2) is 8.78 Å². The van der Waals surface area contributed by atoms with Crippen molar-refractivity contribution in [3.63, 3.8) is 0 Å². The highest BCUT2D eigenvalue weighted by Crippen LogP contribution is 1.99. The normalized spacial score (nSPS) is 17.1. The molecule has 0 aliphatic carbocycles. The van der Waals surface area contributed by atoms with Crippen LogP contribution in [-0.4, -0.2) is 41.8 Å². The summed E-state index contributed by atoms with van der Waals surface area (Å²) in [7, 11) is 0. The van der Waals surface area contributed by atoms with E-state index in [2.05, 4.69) is 10.5 Å². The number of alkyl halides is 2. The van der Waals surface area contributed by atoms with Gasteiger partial charge in [-0.15, -0.1) is 0 Å². The van der Waals surface area contributed by atoms with Crippen molar-refractivity contribution in [1.29, 1.82) is 0 Å². The molecule has 7 heteroatoms. The lowest BCUT2D eigenvalue weighted by molar-refractivity contribution is -0.00332. The zero-order valence-corrected chi connectivity index (χ0v) is 7.82. The van der Waals surface area contributed by atoms with Crippen molar-refractivity contribution in [1.82, 2.24) is 5.32 Å². The number of oxime groups is 1. The standard InChI is InChI=1S/C7H15F2N3O2/c1-4(7(10)12-14)2-11-3-5(13)6(8)9/h4-6,11,13-14H,2-3H2,1H3,(H2,10,12). The maximum atomic E-state index is 11.8. The summed E-state index contributed by atoms with van der Waals surface area (Å²) in [6, 6.07) is 0. The molecule has 0 fully saturated rings. The van der Waals surface area contributed by atoms with Crippen molar-refractivity contribution in [2.24, 2.45) is 16.8 Å². The highest BCUT2D eigenvalue weighted by Gasteiger charge is 2.16. The van der Waals surface area contributed by atoms with Crippen molar-refractivity contribution in [3.8, 4) is 0 Å². The molecule has 0 aromatic carbocycles. The lowest BCUT2D eigenvalue weighted by Gasteiger charge is -2.13. The maximum absolute atomic E-state index is 11.8. The Morgan fingerprint density at radius 2 is 2.07 bits per heavy atom. The molecule has 14 heavy (non-hydrogen) atoms. The Bertz CT molecular complexity index is 190. The summed E-state index contributed by atoms with van der Waals surface area (Å²) in [5.74, 6) is -0.256. The Hall–Kier alpha value is -0.950. The minimum absolute atomic E-state index is 0.0176. The lowest BCUT2D eigenvalue weighted by atomic mass is 10.1. The van der Waals surface area contributed by atoms with Crippen LogP contribution in [0.3, 0.4) is 0 Å². The number of hydrogen-bond acceptors (Lipinski definition) is 4. The summed E-state index contributed by atoms with van der Waals surface area (Å²) >= 11 is 0. The quantitative estimate of drug-likeness (QED) is 0.208. The molecule has 0 aliphatic heterocycles. The molecule has 5 nitrogen and oxygen atoms in total. The SMILES string of the molecule is CC(CNCC(O)C(F)F)C(N)=NO. The van der Waals surface area contributed by atoms with Crippen LogP contribution in [0.2, 0.25) is 0 Å². The zero-order valence-electron chi connectivity index (χ0n) is 7.82. The molecule has 0 amide bonds. The molecule has 0 saturated heterocycles. The van der Waals surface area contributed by atoms with E-state index >= 15 is 0 Å². The molecule has 0 saturated carbocycles. The molecule has 0 aromatic heterocycles. The Balaban J connectivity index is 3.64. The number of amidine groups is 1. The van der Waals surface area contributed by atoms with Crippen molar-refractivity contribution in [2.45, 2.75) is 19.5 Å². The fraction of sp³-hybridized carbons (Fsp3) is 0.857. The van der Waals surface area contributed by atoms with Gasteiger partial charge in [-0.2, -0.15) is 0 Å². The minimum atomic E-state index is -2.76. The van der Waals surface area contributed by atoms with Gasteiger partial charge in [-0.1, -0.05) is 12.1 Å². The second-order valence-corrected chi connectivity index (χ2v) is 2.99. The van der Waals surface area contributed by atoms with Gasteiger partial charge in [0.2, 0.25) is 0 Å². The van der Waals surface area contributed by atoms with Crippen LogP contribution in [-0.2, 0) is 0 Å². The first-order valence-corrected chi connectivity index (χ1v) is 4.13. The van der Waals surface area contributed by atoms with Crippen LogP contribution in [0.15, 0.2) is 5.16 Å². The Morgan fingerprint density at radius 3 is 2.50 bits per heavy atom. The van der Waals surface area contributed by atoms with Gasteiger partial charge in [0.1, 0.15) is 11.9 Å². The molecule has 0 heterocycles. The molecule has 0 spiro atoms. The minimum Gasteiger partial charge on any atom is -0.409 e. The largest absolute Gasteiger partial charge is 0.409 e. The number of hydrogen-bond donors (Lipinski definition) is 4. The summed E-state index contributed by atoms with van der Waals surface area (Å²) in [4.78, 5) is 0. The number of nitrogens with one attached hydrogen (secondary N) is 1. The highest BCUT2D eigenvalue weighted by molar-refractivity contribution is 5.82. The summed E-state index contributed by atoms with van der Waals surface area (Å²) in [6.45, 7) is 1.71. The van der Waals surface area contributed by atoms with Crippen molar-refractivity contribution in [3.05, 3.63) is 0 Å². The number of rotatable bonds is 6. The van der Waals surface area contributed by atoms with Crippen LogP contribution >= 0.6 is 0 Å². The van der Waals surface area contributed by atoms with Crippen molar-refractivity contribution in [2.75, 3.05) is 13.1 Å². The van der Waals surface area contributed by atoms with Gasteiger partial charge in [0.15, 0.2) is 0 Å². The highest BCUT2D eigenvalue weighted by atomic mass is 19.3. The van der Waals surface area contributed by atoms with Gasteiger partial charge in [0.05, 0.1) is 0 Å². The van der Waals surface area contributed by atoms with E-state index in [9.17, 15) is 8.78 Å². The first-order valence-electron chi connectivity index (χ1n) is 4.13. The molecule has 84 valence electrons. The van der Waals surface area contributed by atoms with Crippen LogP contribution in [0.1, 0.15) is 6.92 Å². The van der Waals surface area contributed by atoms with Crippen molar-refractivity contribution < 1.29 is 19.1 Å². The molecular weight excluding hydrogens is 196 g/mol. The molecule has 0 aromatic rings. The molecule has 0 radical (unpaired) electrons. The first-order chi connectivity index (χ1) is 6.49. The molecule has 5 N–H and O–H groups in total. The van der Waals surface area contributed by atoms with E-state index in [-0.39, 0.29) is 24.8 Å². The summed E-state index contributed by atoms with van der Waals surface area (Å²) in [5, 5.41) is 22.3. The molecule has 0 rings (SSSR count). The first kappa shape index (κ1) is 13.1. The molecule has 0 bridgehead atoms. The predicted octanol–water partition coefficient (Wildman–Crippen LogP) is -0.416. The lowest BCUT2D eigenvalue weighted by Crippen LogP contribution is -2.37. The van der Waals surface area contributed by atoms with E-state index in [4.69, 9.17) is 16.0 Å². The second kappa shape index (κ2) is 6.50. The molecule has 0 aliphatic rings. The Labute approximate surface area is 80.6 Å². The topological polar surface area (TPSA) is 90.9 Å². The van der Waals surface area contributed by atoms with Gasteiger partial charge in [0.25, 0.3) is 6.43 Å². The van der Waals surface area contributed by atoms with E-state index in [0.717, 1.165) is 0 Å². The van der Waals surface area contributed by atoms with Crippen LogP contribution in [0.5, 0.6) is 0 Å². The van der Waals surface area contributed by atoms with E-state index in [1.807, 2.05) is 0 Å². The monoisotopic (exact) mass is 211 g/mol. The van der Waals surface area contributed by atoms with Crippen molar-refractivity contribution >= 4 is 5.84 Å². The van der Waals surface area contributed by atoms with E-state index in [0.29, 0.717) is 0 Å². The third-order valence-electron chi connectivity index (χ3n) is 1.72. The Kier molecular flexibility index (Phi) is 6.06. The Morgan fingerprint density at radius 1 is 1.50 bits per heavy atom. The van der Waals surface area contributed by atoms with Crippen LogP contribution in [0, 0.1) is 5.92 Å². The van der Waals surface area contributed by atoms with Crippen LogP contribution < -0.4 is 11.1 Å². The summed E-state index contributed by atoms with van der Waals surface area (Å²) in [5.41, 5.74) is 5.24. The summed E-state index contributed by atoms with van der Waals surface area (Å²) < 4.78 is 23.6. The fourth-order valence-corrected chi connectivity index (χ4v) is 0.740. The van der Waals surface area contributed by atoms with E-state index in [1.54, 1.807) is 6.92 Å². The van der Waals surface area contributed by atoms with Crippen LogP contribution in [0.4, 0.5) is 8.78 Å². The summed E-state index contributed by atoms with van der Waals surface area (Å²) in [6.07, 6.45) is -4.45. The molecule has 2 unspecified atom stereocenters. The number of aliphatic hydroxyl groups excluding tert-OH is 1. The maximum Gasteiger partial charge on any atom is 0.265 e. The molecule has 2 atom stereocenters. The van der Waals surface area contributed by atoms with Gasteiger partial charge in [-0.05, 0) is 0 Å². The van der Waals surface area contributed by atoms with Crippen LogP contribution in [0.25, 0.3) is 0 Å². The number of nitrogens with zero attached hydrogens (tertiary/aromatic N) is 1. The average Bonchev–Trinajstić information content (AvgIpc) is 2.15.